The third-order valence-corrected chi connectivity index (χ3v) is 9.28. The van der Waals surface area contributed by atoms with E-state index in [0.29, 0.717) is 17.0 Å². The molecule has 272 valence electrons. The molecular weight excluding hydrogens is 647 g/mol. The summed E-state index contributed by atoms with van der Waals surface area (Å²) in [5, 5.41) is 28.4. The molecular formula is C31H53N6O10P. The van der Waals surface area contributed by atoms with Gasteiger partial charge < -0.3 is 33.7 Å². The van der Waals surface area contributed by atoms with Crippen LogP contribution in [0, 0.1) is 18.8 Å². The molecule has 3 heterocycles. The number of aromatic nitrogens is 4. The minimum absolute atomic E-state index is 0.0139. The van der Waals surface area contributed by atoms with E-state index in [9.17, 15) is 24.4 Å². The lowest BCUT2D eigenvalue weighted by Crippen LogP contribution is -2.47. The van der Waals surface area contributed by atoms with Gasteiger partial charge in [-0.2, -0.15) is 4.98 Å². The highest BCUT2D eigenvalue weighted by atomic mass is 31.2. The zero-order valence-corrected chi connectivity index (χ0v) is 30.7. The summed E-state index contributed by atoms with van der Waals surface area (Å²) in [5.74, 6) is -0.703. The molecule has 16 nitrogen and oxygen atoms in total. The summed E-state index contributed by atoms with van der Waals surface area (Å²) in [7, 11) is -2.88. The molecule has 0 bridgehead atoms. The minimum Gasteiger partial charge on any atom is -0.479 e. The Kier molecular flexibility index (Phi) is 13.5. The highest BCUT2D eigenvalue weighted by Crippen LogP contribution is 2.45. The molecule has 17 heteroatoms. The quantitative estimate of drug-likeness (QED) is 0.138. The fourth-order valence-electron chi connectivity index (χ4n) is 5.36. The molecule has 4 N–H and O–H groups in total. The smallest absolute Gasteiger partial charge is 0.342 e. The largest absolute Gasteiger partial charge is 0.479 e. The average molecular weight is 701 g/mol. The molecule has 1 fully saturated rings. The van der Waals surface area contributed by atoms with Crippen molar-refractivity contribution >= 4 is 30.8 Å². The molecule has 0 aliphatic carbocycles. The van der Waals surface area contributed by atoms with Crippen molar-refractivity contribution in [3.63, 3.8) is 0 Å². The van der Waals surface area contributed by atoms with Crippen LogP contribution in [0.3, 0.4) is 0 Å². The van der Waals surface area contributed by atoms with Gasteiger partial charge in [-0.3, -0.25) is 18.7 Å². The average Bonchev–Trinajstić information content (AvgIpc) is 3.46. The molecule has 0 saturated carbocycles. The first kappa shape index (κ1) is 39.7. The van der Waals surface area contributed by atoms with Gasteiger partial charge in [0, 0.05) is 0 Å². The summed E-state index contributed by atoms with van der Waals surface area (Å²) in [6.07, 6.45) is -2.96. The van der Waals surface area contributed by atoms with Crippen LogP contribution in [0.25, 0.3) is 11.2 Å². The van der Waals surface area contributed by atoms with Gasteiger partial charge in [-0.15, -0.1) is 0 Å². The molecule has 0 radical (unpaired) electrons. The van der Waals surface area contributed by atoms with E-state index in [2.05, 4.69) is 25.1 Å². The molecule has 1 aliphatic heterocycles. The lowest BCUT2D eigenvalue weighted by atomic mass is 9.96. The summed E-state index contributed by atoms with van der Waals surface area (Å²) in [6, 6.07) is -2.15. The number of nitrogens with zero attached hydrogens (tertiary/aromatic N) is 4. The van der Waals surface area contributed by atoms with Gasteiger partial charge in [0.2, 0.25) is 5.88 Å². The second-order valence-electron chi connectivity index (χ2n) is 13.7. The maximum absolute atomic E-state index is 14.7. The van der Waals surface area contributed by atoms with Crippen LogP contribution in [0.1, 0.15) is 87.2 Å². The number of ether oxygens (including phenoxy) is 4. The number of aliphatic hydroxyl groups is 2. The first-order chi connectivity index (χ1) is 22.3. The third kappa shape index (κ3) is 9.93. The zero-order chi connectivity index (χ0) is 36.1. The number of imidazole rings is 1. The van der Waals surface area contributed by atoms with Gasteiger partial charge in [0.05, 0.1) is 32.3 Å². The Morgan fingerprint density at radius 3 is 1.98 bits per heavy atom. The number of carbonyl (C=O) groups is 2. The van der Waals surface area contributed by atoms with E-state index in [-0.39, 0.29) is 30.6 Å². The number of carbonyl (C=O) groups excluding carboxylic acids is 2. The second kappa shape index (κ2) is 16.3. The molecule has 0 aromatic carbocycles. The monoisotopic (exact) mass is 700 g/mol. The summed E-state index contributed by atoms with van der Waals surface area (Å²) in [4.78, 5) is 39.3. The van der Waals surface area contributed by atoms with Gasteiger partial charge in [-0.1, -0.05) is 27.7 Å². The molecule has 48 heavy (non-hydrogen) atoms. The van der Waals surface area contributed by atoms with Gasteiger partial charge in [0.1, 0.15) is 35.7 Å². The molecule has 2 aromatic rings. The van der Waals surface area contributed by atoms with Crippen LogP contribution in [-0.4, -0.2) is 97.5 Å². The highest BCUT2D eigenvalue weighted by Gasteiger charge is 2.54. The van der Waals surface area contributed by atoms with Gasteiger partial charge in [-0.05, 0) is 66.2 Å². The number of aliphatic hydroxyl groups excluding tert-OH is 1. The molecule has 1 aliphatic rings. The number of fused-ring (bicyclic) bond motifs is 1. The Balaban J connectivity index is 1.96. The lowest BCUT2D eigenvalue weighted by Gasteiger charge is -2.31. The maximum atomic E-state index is 14.7. The number of aryl methyl sites for hydroxylation is 1. The van der Waals surface area contributed by atoms with Gasteiger partial charge >= 0.3 is 19.6 Å². The molecule has 2 aromatic heterocycles. The van der Waals surface area contributed by atoms with E-state index in [1.54, 1.807) is 34.6 Å². The fourth-order valence-corrected chi connectivity index (χ4v) is 7.18. The summed E-state index contributed by atoms with van der Waals surface area (Å²) < 4.78 is 44.5. The van der Waals surface area contributed by atoms with Crippen molar-refractivity contribution in [2.75, 3.05) is 13.7 Å². The van der Waals surface area contributed by atoms with Crippen molar-refractivity contribution in [2.24, 2.45) is 11.8 Å². The lowest BCUT2D eigenvalue weighted by molar-refractivity contribution is -0.150. The molecule has 3 rings (SSSR count). The number of methoxy groups -OCH3 is 1. The Labute approximate surface area is 282 Å². The molecule has 0 amide bonds. The van der Waals surface area contributed by atoms with E-state index < -0.39 is 74.5 Å². The van der Waals surface area contributed by atoms with Crippen LogP contribution in [0.15, 0.2) is 6.33 Å². The zero-order valence-electron chi connectivity index (χ0n) is 29.8. The van der Waals surface area contributed by atoms with E-state index in [0.717, 1.165) is 0 Å². The second-order valence-corrected chi connectivity index (χ2v) is 15.6. The normalized spacial score (nSPS) is 24.0. The van der Waals surface area contributed by atoms with Crippen LogP contribution >= 0.6 is 7.67 Å². The van der Waals surface area contributed by atoms with Crippen molar-refractivity contribution in [1.29, 1.82) is 0 Å². The van der Waals surface area contributed by atoms with Crippen molar-refractivity contribution in [2.45, 2.75) is 130 Å². The first-order valence-corrected chi connectivity index (χ1v) is 17.9. The van der Waals surface area contributed by atoms with Crippen molar-refractivity contribution in [3.8, 4) is 5.88 Å². The molecule has 1 saturated heterocycles. The van der Waals surface area contributed by atoms with Crippen molar-refractivity contribution in [3.05, 3.63) is 12.2 Å². The van der Waals surface area contributed by atoms with Gasteiger partial charge in [0.25, 0.3) is 0 Å². The summed E-state index contributed by atoms with van der Waals surface area (Å²) in [6.45, 7) is 16.9. The van der Waals surface area contributed by atoms with E-state index >= 15 is 0 Å². The SMILES string of the molecule is COc1nc(C)nc2c1ncn2[C@@H]1O[C@H](COP(=O)(NC(CC(C)C)C(=O)OC(C)C)NC(CC(C)C)C(=O)OC(C)C)C(O)[C@]1(C)O. The topological polar surface area (TPSA) is 205 Å². The van der Waals surface area contributed by atoms with Crippen molar-refractivity contribution in [1.82, 2.24) is 29.7 Å². The molecule has 6 atom stereocenters. The van der Waals surface area contributed by atoms with Crippen LogP contribution in [-0.2, 0) is 32.9 Å². The third-order valence-electron chi connectivity index (χ3n) is 7.46. The standard InChI is InChI=1S/C31H53N6O10P/c1-16(2)12-21(28(39)45-18(5)6)35-48(42,36-22(13-17(3)4)29(40)46-19(7)8)44-14-23-25(38)31(10,41)30(47-23)37-15-32-24-26(37)33-20(9)34-27(24)43-11/h15-19,21-23,25,30,38,41H,12-14H2,1-11H3,(H2,35,36,42)/t21?,22?,23-,25?,30-,31+,48?/m1/s1. The predicted molar refractivity (Wildman–Crippen MR) is 176 cm³/mol. The fraction of sp³-hybridized carbons (Fsp3) is 0.774. The van der Waals surface area contributed by atoms with Gasteiger partial charge in [0.15, 0.2) is 17.4 Å². The summed E-state index contributed by atoms with van der Waals surface area (Å²) in [5.41, 5.74) is -1.27. The Morgan fingerprint density at radius 2 is 1.52 bits per heavy atom. The number of hydrogen-bond donors (Lipinski definition) is 4. The Bertz CT molecular complexity index is 1410. The number of rotatable bonds is 17. The van der Waals surface area contributed by atoms with Crippen LogP contribution < -0.4 is 14.9 Å². The minimum atomic E-state index is -4.33. The maximum Gasteiger partial charge on any atom is 0.342 e. The first-order valence-electron chi connectivity index (χ1n) is 16.3. The number of hydrogen-bond acceptors (Lipinski definition) is 13. The van der Waals surface area contributed by atoms with Crippen LogP contribution in [0.2, 0.25) is 0 Å². The van der Waals surface area contributed by atoms with E-state index in [4.69, 9.17) is 23.5 Å². The van der Waals surface area contributed by atoms with Crippen molar-refractivity contribution < 1.29 is 47.8 Å². The molecule has 0 spiro atoms. The van der Waals surface area contributed by atoms with Crippen LogP contribution in [0.4, 0.5) is 0 Å². The number of nitrogens with one attached hydrogen (secondary N) is 2. The van der Waals surface area contributed by atoms with E-state index in [1.807, 2.05) is 27.7 Å². The summed E-state index contributed by atoms with van der Waals surface area (Å²) >= 11 is 0. The van der Waals surface area contributed by atoms with E-state index in [1.165, 1.54) is 24.9 Å². The molecule has 3 unspecified atom stereocenters. The Hall–Kier alpha value is -2.72. The predicted octanol–water partition coefficient (Wildman–Crippen LogP) is 3.19. The highest BCUT2D eigenvalue weighted by molar-refractivity contribution is 7.54. The number of esters is 2. The van der Waals surface area contributed by atoms with Crippen LogP contribution in [0.5, 0.6) is 5.88 Å². The Morgan fingerprint density at radius 1 is 1.00 bits per heavy atom. The van der Waals surface area contributed by atoms with Gasteiger partial charge in [-0.25, -0.2) is 20.1 Å².